The SMILES string of the molecule is CC(C)(C)c1ccc(OCc2nc3ccc(-c4ccccc4S(N)(=O)=O)cc3[nH]2)cc1. The molecule has 4 aromatic rings. The minimum atomic E-state index is -3.83. The molecule has 0 saturated carbocycles. The Morgan fingerprint density at radius 1 is 1.00 bits per heavy atom. The predicted molar refractivity (Wildman–Crippen MR) is 122 cm³/mol. The molecule has 1 heterocycles. The zero-order chi connectivity index (χ0) is 22.2. The lowest BCUT2D eigenvalue weighted by Gasteiger charge is -2.19. The van der Waals surface area contributed by atoms with Gasteiger partial charge in [0.2, 0.25) is 10.0 Å². The Bertz CT molecular complexity index is 1330. The molecule has 0 bridgehead atoms. The first kappa shape index (κ1) is 21.1. The second-order valence-electron chi connectivity index (χ2n) is 8.52. The van der Waals surface area contributed by atoms with Crippen molar-refractivity contribution in [3.8, 4) is 16.9 Å². The van der Waals surface area contributed by atoms with Crippen LogP contribution in [0.2, 0.25) is 0 Å². The first-order valence-electron chi connectivity index (χ1n) is 9.95. The fourth-order valence-corrected chi connectivity index (χ4v) is 4.22. The summed E-state index contributed by atoms with van der Waals surface area (Å²) in [5.74, 6) is 1.46. The van der Waals surface area contributed by atoms with Crippen molar-refractivity contribution >= 4 is 21.1 Å². The fourth-order valence-electron chi connectivity index (χ4n) is 3.45. The van der Waals surface area contributed by atoms with Crippen molar-refractivity contribution in [2.24, 2.45) is 5.14 Å². The van der Waals surface area contributed by atoms with E-state index in [0.717, 1.165) is 22.3 Å². The molecule has 7 heteroatoms. The Labute approximate surface area is 182 Å². The van der Waals surface area contributed by atoms with Crippen LogP contribution in [-0.2, 0) is 22.0 Å². The Hall–Kier alpha value is -3.16. The number of hydrogen-bond acceptors (Lipinski definition) is 4. The lowest BCUT2D eigenvalue weighted by atomic mass is 9.87. The highest BCUT2D eigenvalue weighted by Gasteiger charge is 2.16. The van der Waals surface area contributed by atoms with E-state index in [0.29, 0.717) is 18.0 Å². The number of ether oxygens (including phenoxy) is 1. The number of H-pyrrole nitrogens is 1. The van der Waals surface area contributed by atoms with E-state index in [-0.39, 0.29) is 10.3 Å². The van der Waals surface area contributed by atoms with Crippen molar-refractivity contribution in [2.45, 2.75) is 37.7 Å². The van der Waals surface area contributed by atoms with E-state index in [1.54, 1.807) is 18.2 Å². The van der Waals surface area contributed by atoms with Gasteiger partial charge in [0.15, 0.2) is 0 Å². The molecular formula is C24H25N3O3S. The van der Waals surface area contributed by atoms with Crippen LogP contribution in [0.15, 0.2) is 71.6 Å². The highest BCUT2D eigenvalue weighted by molar-refractivity contribution is 7.89. The molecule has 0 radical (unpaired) electrons. The summed E-state index contributed by atoms with van der Waals surface area (Å²) < 4.78 is 29.7. The predicted octanol–water partition coefficient (Wildman–Crippen LogP) is 4.75. The number of rotatable bonds is 5. The molecule has 0 unspecified atom stereocenters. The van der Waals surface area contributed by atoms with Crippen LogP contribution in [0.1, 0.15) is 32.2 Å². The third-order valence-corrected chi connectivity index (χ3v) is 6.10. The van der Waals surface area contributed by atoms with E-state index in [1.165, 1.54) is 11.6 Å². The fraction of sp³-hybridized carbons (Fsp3) is 0.208. The molecule has 0 amide bonds. The minimum Gasteiger partial charge on any atom is -0.486 e. The molecule has 0 fully saturated rings. The molecule has 0 spiro atoms. The van der Waals surface area contributed by atoms with Crippen molar-refractivity contribution in [1.29, 1.82) is 0 Å². The van der Waals surface area contributed by atoms with Crippen LogP contribution >= 0.6 is 0 Å². The summed E-state index contributed by atoms with van der Waals surface area (Å²) in [7, 11) is -3.83. The number of aromatic nitrogens is 2. The molecule has 31 heavy (non-hydrogen) atoms. The molecule has 1 aromatic heterocycles. The number of imidazole rings is 1. The van der Waals surface area contributed by atoms with Gasteiger partial charge in [-0.2, -0.15) is 0 Å². The highest BCUT2D eigenvalue weighted by atomic mass is 32.2. The van der Waals surface area contributed by atoms with Crippen molar-refractivity contribution in [2.75, 3.05) is 0 Å². The number of fused-ring (bicyclic) bond motifs is 1. The molecule has 0 aliphatic rings. The number of nitrogens with one attached hydrogen (secondary N) is 1. The number of primary sulfonamides is 1. The standard InChI is InChI=1S/C24H25N3O3S/c1-24(2,3)17-9-11-18(12-10-17)30-15-23-26-20-13-8-16(14-21(20)27-23)19-6-4-5-7-22(19)31(25,28)29/h4-14H,15H2,1-3H3,(H,26,27)(H2,25,28,29). The number of nitrogens with zero attached hydrogens (tertiary/aromatic N) is 1. The molecule has 160 valence electrons. The van der Waals surface area contributed by atoms with Gasteiger partial charge >= 0.3 is 0 Å². The van der Waals surface area contributed by atoms with Gasteiger partial charge in [-0.1, -0.05) is 57.2 Å². The van der Waals surface area contributed by atoms with Gasteiger partial charge in [-0.3, -0.25) is 0 Å². The second kappa shape index (κ2) is 7.83. The van der Waals surface area contributed by atoms with E-state index in [2.05, 4.69) is 42.9 Å². The molecule has 3 aromatic carbocycles. The maximum Gasteiger partial charge on any atom is 0.238 e. The summed E-state index contributed by atoms with van der Waals surface area (Å²) in [4.78, 5) is 7.91. The topological polar surface area (TPSA) is 98.1 Å². The molecule has 3 N–H and O–H groups in total. The summed E-state index contributed by atoms with van der Waals surface area (Å²) >= 11 is 0. The zero-order valence-corrected chi connectivity index (χ0v) is 18.5. The third kappa shape index (κ3) is 4.62. The first-order chi connectivity index (χ1) is 14.6. The highest BCUT2D eigenvalue weighted by Crippen LogP contribution is 2.29. The van der Waals surface area contributed by atoms with E-state index < -0.39 is 10.0 Å². The largest absolute Gasteiger partial charge is 0.486 e. The van der Waals surface area contributed by atoms with Gasteiger partial charge in [0.25, 0.3) is 0 Å². The summed E-state index contributed by atoms with van der Waals surface area (Å²) in [5, 5.41) is 5.38. The molecule has 4 rings (SSSR count). The van der Waals surface area contributed by atoms with Crippen LogP contribution in [-0.4, -0.2) is 18.4 Å². The van der Waals surface area contributed by atoms with E-state index >= 15 is 0 Å². The second-order valence-corrected chi connectivity index (χ2v) is 10.0. The number of sulfonamides is 1. The average Bonchev–Trinajstić information content (AvgIpc) is 3.13. The Morgan fingerprint density at radius 3 is 2.39 bits per heavy atom. The van der Waals surface area contributed by atoms with Gasteiger partial charge in [-0.05, 0) is 46.9 Å². The van der Waals surface area contributed by atoms with E-state index in [1.807, 2.05) is 30.3 Å². The smallest absolute Gasteiger partial charge is 0.238 e. The maximum absolute atomic E-state index is 11.9. The van der Waals surface area contributed by atoms with Crippen LogP contribution in [0.5, 0.6) is 5.75 Å². The number of aromatic amines is 1. The third-order valence-electron chi connectivity index (χ3n) is 5.13. The van der Waals surface area contributed by atoms with E-state index in [9.17, 15) is 8.42 Å². The van der Waals surface area contributed by atoms with Crippen LogP contribution in [0.25, 0.3) is 22.2 Å². The molecule has 0 aliphatic heterocycles. The summed E-state index contributed by atoms with van der Waals surface area (Å²) in [5.41, 5.74) is 4.21. The molecule has 0 aliphatic carbocycles. The Balaban J connectivity index is 1.56. The van der Waals surface area contributed by atoms with Crippen molar-refractivity contribution in [1.82, 2.24) is 9.97 Å². The quantitative estimate of drug-likeness (QED) is 0.472. The first-order valence-corrected chi connectivity index (χ1v) is 11.5. The van der Waals surface area contributed by atoms with Crippen LogP contribution in [0.4, 0.5) is 0 Å². The monoisotopic (exact) mass is 435 g/mol. The maximum atomic E-state index is 11.9. The van der Waals surface area contributed by atoms with Gasteiger partial charge in [0.1, 0.15) is 18.2 Å². The normalized spacial score (nSPS) is 12.3. The average molecular weight is 436 g/mol. The Morgan fingerprint density at radius 2 is 1.71 bits per heavy atom. The molecule has 0 atom stereocenters. The van der Waals surface area contributed by atoms with E-state index in [4.69, 9.17) is 9.88 Å². The van der Waals surface area contributed by atoms with Crippen molar-refractivity contribution in [3.63, 3.8) is 0 Å². The number of hydrogen-bond donors (Lipinski definition) is 2. The van der Waals surface area contributed by atoms with Crippen LogP contribution in [0, 0.1) is 0 Å². The van der Waals surface area contributed by atoms with Crippen LogP contribution < -0.4 is 9.88 Å². The zero-order valence-electron chi connectivity index (χ0n) is 17.7. The van der Waals surface area contributed by atoms with Crippen molar-refractivity contribution in [3.05, 3.63) is 78.1 Å². The number of nitrogens with two attached hydrogens (primary N) is 1. The van der Waals surface area contributed by atoms with Gasteiger partial charge in [0.05, 0.1) is 15.9 Å². The molecule has 6 nitrogen and oxygen atoms in total. The summed E-state index contributed by atoms with van der Waals surface area (Å²) in [6.07, 6.45) is 0. The number of benzene rings is 3. The lowest BCUT2D eigenvalue weighted by Crippen LogP contribution is -2.13. The molecular weight excluding hydrogens is 410 g/mol. The minimum absolute atomic E-state index is 0.0936. The lowest BCUT2D eigenvalue weighted by molar-refractivity contribution is 0.297. The van der Waals surface area contributed by atoms with Gasteiger partial charge in [-0.25, -0.2) is 18.5 Å². The summed E-state index contributed by atoms with van der Waals surface area (Å²) in [6, 6.07) is 20.3. The van der Waals surface area contributed by atoms with Gasteiger partial charge in [-0.15, -0.1) is 0 Å². The van der Waals surface area contributed by atoms with Crippen LogP contribution in [0.3, 0.4) is 0 Å². The van der Waals surface area contributed by atoms with Gasteiger partial charge in [0, 0.05) is 5.56 Å². The molecule has 0 saturated heterocycles. The Kier molecular flexibility index (Phi) is 5.33. The summed E-state index contributed by atoms with van der Waals surface area (Å²) in [6.45, 7) is 6.82. The van der Waals surface area contributed by atoms with Gasteiger partial charge < -0.3 is 9.72 Å². The van der Waals surface area contributed by atoms with Crippen molar-refractivity contribution < 1.29 is 13.2 Å².